The number of hydrogen-bond donors (Lipinski definition) is 1. The second-order valence-corrected chi connectivity index (χ2v) is 6.10. The lowest BCUT2D eigenvalue weighted by atomic mass is 10.2. The van der Waals surface area contributed by atoms with Crippen molar-refractivity contribution in [3.8, 4) is 0 Å². The third-order valence-corrected chi connectivity index (χ3v) is 3.86. The summed E-state index contributed by atoms with van der Waals surface area (Å²) in [7, 11) is 0. The monoisotopic (exact) mass is 253 g/mol. The lowest BCUT2D eigenvalue weighted by Crippen LogP contribution is -1.97. The minimum atomic E-state index is 0.399. The number of rotatable bonds is 4. The third kappa shape index (κ3) is 2.80. The molecular weight excluding hydrogens is 238 g/mol. The first kappa shape index (κ1) is 11.5. The summed E-state index contributed by atoms with van der Waals surface area (Å²) in [5.74, 6) is 1.32. The molecule has 5 heteroatoms. The quantitative estimate of drug-likeness (QED) is 0.904. The molecule has 0 spiro atoms. The number of nitrogens with one attached hydrogen (secondary N) is 1. The normalized spacial score (nSPS) is 11.0. The summed E-state index contributed by atoms with van der Waals surface area (Å²) < 4.78 is 4.30. The fourth-order valence-electron chi connectivity index (χ4n) is 1.28. The Hall–Kier alpha value is -0.940. The number of aryl methyl sites for hydroxylation is 1. The number of hydrogen-bond acceptors (Lipinski definition) is 5. The van der Waals surface area contributed by atoms with Gasteiger partial charge in [0.25, 0.3) is 0 Å². The first-order chi connectivity index (χ1) is 7.65. The molecular formula is C11H15N3S2. The van der Waals surface area contributed by atoms with Crippen molar-refractivity contribution in [3.05, 3.63) is 27.7 Å². The van der Waals surface area contributed by atoms with Crippen LogP contribution in [0.15, 0.2) is 12.1 Å². The van der Waals surface area contributed by atoms with Gasteiger partial charge >= 0.3 is 0 Å². The zero-order valence-electron chi connectivity index (χ0n) is 9.65. The first-order valence-electron chi connectivity index (χ1n) is 5.28. The molecule has 1 N–H and O–H groups in total. The summed E-state index contributed by atoms with van der Waals surface area (Å²) in [5, 5.41) is 4.22. The predicted octanol–water partition coefficient (Wildman–Crippen LogP) is 3.64. The molecule has 0 fully saturated rings. The smallest absolute Gasteiger partial charge is 0.202 e. The van der Waals surface area contributed by atoms with Crippen molar-refractivity contribution in [1.29, 1.82) is 0 Å². The van der Waals surface area contributed by atoms with Crippen molar-refractivity contribution in [2.75, 3.05) is 5.32 Å². The van der Waals surface area contributed by atoms with Gasteiger partial charge in [0.15, 0.2) is 0 Å². The Balaban J connectivity index is 1.94. The SMILES string of the molecule is Cc1ccc(CNc2nc(C(C)C)ns2)s1. The van der Waals surface area contributed by atoms with E-state index in [1.54, 1.807) is 0 Å². The topological polar surface area (TPSA) is 37.8 Å². The molecule has 0 radical (unpaired) electrons. The molecule has 0 aliphatic carbocycles. The Labute approximate surface area is 104 Å². The standard InChI is InChI=1S/C11H15N3S2/c1-7(2)10-13-11(16-14-10)12-6-9-5-4-8(3)15-9/h4-5,7H,6H2,1-3H3,(H,12,13,14). The van der Waals surface area contributed by atoms with Crippen molar-refractivity contribution in [2.45, 2.75) is 33.2 Å². The maximum Gasteiger partial charge on any atom is 0.202 e. The maximum absolute atomic E-state index is 4.43. The van der Waals surface area contributed by atoms with E-state index in [0.29, 0.717) is 5.92 Å². The Kier molecular flexibility index (Phi) is 3.56. The summed E-state index contributed by atoms with van der Waals surface area (Å²) in [6, 6.07) is 4.29. The second kappa shape index (κ2) is 4.93. The van der Waals surface area contributed by atoms with Crippen LogP contribution < -0.4 is 5.32 Å². The van der Waals surface area contributed by atoms with Gasteiger partial charge in [-0.25, -0.2) is 4.98 Å². The molecule has 0 amide bonds. The van der Waals surface area contributed by atoms with Crippen LogP contribution in [0.25, 0.3) is 0 Å². The van der Waals surface area contributed by atoms with Crippen LogP contribution in [0.3, 0.4) is 0 Å². The highest BCUT2D eigenvalue weighted by atomic mass is 32.1. The van der Waals surface area contributed by atoms with Crippen molar-refractivity contribution >= 4 is 28.0 Å². The highest BCUT2D eigenvalue weighted by Crippen LogP contribution is 2.20. The average Bonchev–Trinajstić information content (AvgIpc) is 2.83. The highest BCUT2D eigenvalue weighted by molar-refractivity contribution is 7.12. The van der Waals surface area contributed by atoms with E-state index in [1.165, 1.54) is 21.3 Å². The predicted molar refractivity (Wildman–Crippen MR) is 70.4 cm³/mol. The average molecular weight is 253 g/mol. The molecule has 0 saturated heterocycles. The number of nitrogens with zero attached hydrogens (tertiary/aromatic N) is 2. The number of thiophene rings is 1. The molecule has 2 aromatic rings. The Morgan fingerprint density at radius 2 is 2.19 bits per heavy atom. The van der Waals surface area contributed by atoms with E-state index in [2.05, 4.69) is 47.6 Å². The molecule has 2 aromatic heterocycles. The Morgan fingerprint density at radius 3 is 2.75 bits per heavy atom. The Morgan fingerprint density at radius 1 is 1.38 bits per heavy atom. The summed E-state index contributed by atoms with van der Waals surface area (Å²) in [6.07, 6.45) is 0. The molecule has 2 rings (SSSR count). The molecule has 86 valence electrons. The number of aromatic nitrogens is 2. The molecule has 16 heavy (non-hydrogen) atoms. The molecule has 0 unspecified atom stereocenters. The van der Waals surface area contributed by atoms with Gasteiger partial charge in [0.2, 0.25) is 5.13 Å². The van der Waals surface area contributed by atoms with Crippen molar-refractivity contribution in [3.63, 3.8) is 0 Å². The zero-order valence-corrected chi connectivity index (χ0v) is 11.3. The van der Waals surface area contributed by atoms with Crippen molar-refractivity contribution in [1.82, 2.24) is 9.36 Å². The van der Waals surface area contributed by atoms with Gasteiger partial charge in [-0.05, 0) is 19.1 Å². The second-order valence-electron chi connectivity index (χ2n) is 3.98. The van der Waals surface area contributed by atoms with Crippen LogP contribution in [0.4, 0.5) is 5.13 Å². The van der Waals surface area contributed by atoms with Gasteiger partial charge in [0, 0.05) is 27.2 Å². The highest BCUT2D eigenvalue weighted by Gasteiger charge is 2.07. The van der Waals surface area contributed by atoms with Gasteiger partial charge in [0.1, 0.15) is 5.82 Å². The van der Waals surface area contributed by atoms with Crippen LogP contribution >= 0.6 is 22.9 Å². The maximum atomic E-state index is 4.43. The van der Waals surface area contributed by atoms with E-state index in [1.807, 2.05) is 11.3 Å². The van der Waals surface area contributed by atoms with Crippen molar-refractivity contribution < 1.29 is 0 Å². The molecule has 0 saturated carbocycles. The van der Waals surface area contributed by atoms with Crippen LogP contribution in [0.2, 0.25) is 0 Å². The van der Waals surface area contributed by atoms with Gasteiger partial charge in [0.05, 0.1) is 6.54 Å². The largest absolute Gasteiger partial charge is 0.355 e. The molecule has 2 heterocycles. The number of anilines is 1. The van der Waals surface area contributed by atoms with Crippen LogP contribution in [0.1, 0.15) is 35.3 Å². The van der Waals surface area contributed by atoms with Crippen LogP contribution in [-0.4, -0.2) is 9.36 Å². The summed E-state index contributed by atoms with van der Waals surface area (Å²) in [6.45, 7) is 7.17. The molecule has 0 aromatic carbocycles. The lowest BCUT2D eigenvalue weighted by molar-refractivity contribution is 0.799. The van der Waals surface area contributed by atoms with Gasteiger partial charge in [-0.2, -0.15) is 4.37 Å². The minimum absolute atomic E-state index is 0.399. The van der Waals surface area contributed by atoms with E-state index in [9.17, 15) is 0 Å². The molecule has 0 aliphatic rings. The van der Waals surface area contributed by atoms with Gasteiger partial charge in [-0.1, -0.05) is 13.8 Å². The van der Waals surface area contributed by atoms with Crippen LogP contribution in [0, 0.1) is 6.92 Å². The fraction of sp³-hybridized carbons (Fsp3) is 0.455. The fourth-order valence-corrected chi connectivity index (χ4v) is 2.82. The minimum Gasteiger partial charge on any atom is -0.355 e. The summed E-state index contributed by atoms with van der Waals surface area (Å²) in [4.78, 5) is 7.11. The third-order valence-electron chi connectivity index (χ3n) is 2.17. The summed E-state index contributed by atoms with van der Waals surface area (Å²) >= 11 is 3.25. The molecule has 0 bridgehead atoms. The van der Waals surface area contributed by atoms with E-state index in [-0.39, 0.29) is 0 Å². The molecule has 0 atom stereocenters. The van der Waals surface area contributed by atoms with E-state index in [0.717, 1.165) is 17.5 Å². The van der Waals surface area contributed by atoms with Gasteiger partial charge in [-0.3, -0.25) is 0 Å². The van der Waals surface area contributed by atoms with Crippen LogP contribution in [-0.2, 0) is 6.54 Å². The van der Waals surface area contributed by atoms with Crippen molar-refractivity contribution in [2.24, 2.45) is 0 Å². The van der Waals surface area contributed by atoms with E-state index >= 15 is 0 Å². The Bertz CT molecular complexity index is 459. The van der Waals surface area contributed by atoms with Gasteiger partial charge < -0.3 is 5.32 Å². The zero-order chi connectivity index (χ0) is 11.5. The molecule has 3 nitrogen and oxygen atoms in total. The summed E-state index contributed by atoms with van der Waals surface area (Å²) in [5.41, 5.74) is 0. The van der Waals surface area contributed by atoms with Crippen LogP contribution in [0.5, 0.6) is 0 Å². The lowest BCUT2D eigenvalue weighted by Gasteiger charge is -1.98. The van der Waals surface area contributed by atoms with E-state index < -0.39 is 0 Å². The van der Waals surface area contributed by atoms with Gasteiger partial charge in [-0.15, -0.1) is 11.3 Å². The first-order valence-corrected chi connectivity index (χ1v) is 6.87. The van der Waals surface area contributed by atoms with E-state index in [4.69, 9.17) is 0 Å². The molecule has 0 aliphatic heterocycles.